The molecule has 1 saturated heterocycles. The van der Waals surface area contributed by atoms with E-state index in [-0.39, 0.29) is 17.9 Å². The molecule has 2 N–H and O–H groups in total. The lowest BCUT2D eigenvalue weighted by Gasteiger charge is -2.19. The first-order valence-electron chi connectivity index (χ1n) is 6.37. The summed E-state index contributed by atoms with van der Waals surface area (Å²) in [4.78, 5) is 22.9. The summed E-state index contributed by atoms with van der Waals surface area (Å²) in [6, 6.07) is 1.91. The van der Waals surface area contributed by atoms with Crippen molar-refractivity contribution in [3.8, 4) is 5.88 Å². The van der Waals surface area contributed by atoms with E-state index in [1.165, 1.54) is 0 Å². The fraction of sp³-hybridized carbons (Fsp3) is 0.462. The number of nitrogens with zero attached hydrogens (tertiary/aromatic N) is 2. The Hall–Kier alpha value is -2.11. The fourth-order valence-corrected chi connectivity index (χ4v) is 2.35. The van der Waals surface area contributed by atoms with Crippen LogP contribution in [-0.2, 0) is 4.79 Å². The van der Waals surface area contributed by atoms with Gasteiger partial charge >= 0.3 is 0 Å². The number of carbonyl (C=O) groups excluding carboxylic acids is 1. The zero-order valence-corrected chi connectivity index (χ0v) is 10.9. The highest BCUT2D eigenvalue weighted by atomic mass is 16.5. The van der Waals surface area contributed by atoms with Crippen molar-refractivity contribution < 1.29 is 9.53 Å². The molecule has 2 aromatic rings. The van der Waals surface area contributed by atoms with Crippen molar-refractivity contribution in [2.24, 2.45) is 5.92 Å². The summed E-state index contributed by atoms with van der Waals surface area (Å²) in [5.41, 5.74) is 2.51. The second kappa shape index (κ2) is 4.53. The van der Waals surface area contributed by atoms with Gasteiger partial charge in [0, 0.05) is 24.6 Å². The van der Waals surface area contributed by atoms with E-state index in [0.717, 1.165) is 16.7 Å². The normalized spacial score (nSPS) is 20.5. The van der Waals surface area contributed by atoms with Gasteiger partial charge in [0.25, 0.3) is 0 Å². The average molecular weight is 260 g/mol. The molecule has 0 aromatic carbocycles. The topological polar surface area (TPSA) is 79.9 Å². The number of hydrogen-bond acceptors (Lipinski definition) is 4. The minimum Gasteiger partial charge on any atom is -0.473 e. The maximum Gasteiger partial charge on any atom is 0.240 e. The molecular formula is C13H16N4O2. The Morgan fingerprint density at radius 3 is 3.11 bits per heavy atom. The van der Waals surface area contributed by atoms with Crippen molar-refractivity contribution in [2.45, 2.75) is 26.4 Å². The number of nitrogens with one attached hydrogen (secondary N) is 2. The summed E-state index contributed by atoms with van der Waals surface area (Å²) in [5.74, 6) is 0.830. The van der Waals surface area contributed by atoms with Crippen LogP contribution in [0.5, 0.6) is 5.88 Å². The summed E-state index contributed by atoms with van der Waals surface area (Å²) in [6.45, 7) is 4.54. The predicted molar refractivity (Wildman–Crippen MR) is 69.8 cm³/mol. The molecule has 0 unspecified atom stereocenters. The SMILES string of the molecule is Cc1cc2nc[nH]c2c(O[C@H](C)[C@H]2CNC(=O)C2)n1. The molecule has 2 atom stereocenters. The number of rotatable bonds is 3. The van der Waals surface area contributed by atoms with Gasteiger partial charge in [-0.1, -0.05) is 0 Å². The van der Waals surface area contributed by atoms with Crippen molar-refractivity contribution in [1.29, 1.82) is 0 Å². The third kappa shape index (κ3) is 2.25. The second-order valence-electron chi connectivity index (χ2n) is 4.96. The molecule has 0 spiro atoms. The van der Waals surface area contributed by atoms with Gasteiger partial charge in [0.05, 0.1) is 11.8 Å². The first kappa shape index (κ1) is 12.0. The molecule has 0 saturated carbocycles. The molecule has 1 fully saturated rings. The van der Waals surface area contributed by atoms with Gasteiger partial charge in [0.15, 0.2) is 0 Å². The summed E-state index contributed by atoms with van der Waals surface area (Å²) in [7, 11) is 0. The lowest BCUT2D eigenvalue weighted by atomic mass is 10.0. The van der Waals surface area contributed by atoms with Gasteiger partial charge < -0.3 is 15.0 Å². The molecule has 1 aliphatic heterocycles. The highest BCUT2D eigenvalue weighted by molar-refractivity contribution is 5.80. The summed E-state index contributed by atoms with van der Waals surface area (Å²) >= 11 is 0. The molecule has 1 aliphatic rings. The largest absolute Gasteiger partial charge is 0.473 e. The molecule has 3 heterocycles. The maximum atomic E-state index is 11.2. The van der Waals surface area contributed by atoms with E-state index in [1.54, 1.807) is 6.33 Å². The number of fused-ring (bicyclic) bond motifs is 1. The van der Waals surface area contributed by atoms with Crippen molar-refractivity contribution in [3.63, 3.8) is 0 Å². The van der Waals surface area contributed by atoms with E-state index in [4.69, 9.17) is 4.74 Å². The number of H-pyrrole nitrogens is 1. The standard InChI is InChI=1S/C13H16N4O2/c1-7-3-10-12(16-6-15-10)13(17-7)19-8(2)9-4-11(18)14-5-9/h3,6,8-9H,4-5H2,1-2H3,(H,14,18)(H,15,16)/t8-,9-/m1/s1. The number of ether oxygens (including phenoxy) is 1. The summed E-state index contributed by atoms with van der Waals surface area (Å²) in [6.07, 6.45) is 2.07. The van der Waals surface area contributed by atoms with Crippen molar-refractivity contribution in [2.75, 3.05) is 6.54 Å². The zero-order chi connectivity index (χ0) is 13.4. The summed E-state index contributed by atoms with van der Waals surface area (Å²) < 4.78 is 5.92. The Morgan fingerprint density at radius 2 is 2.37 bits per heavy atom. The molecule has 0 aliphatic carbocycles. The fourth-order valence-electron chi connectivity index (χ4n) is 2.35. The third-order valence-corrected chi connectivity index (χ3v) is 3.48. The lowest BCUT2D eigenvalue weighted by molar-refractivity contribution is -0.119. The van der Waals surface area contributed by atoms with E-state index in [9.17, 15) is 4.79 Å². The van der Waals surface area contributed by atoms with Crippen molar-refractivity contribution >= 4 is 16.9 Å². The van der Waals surface area contributed by atoms with E-state index in [0.29, 0.717) is 18.8 Å². The second-order valence-corrected chi connectivity index (χ2v) is 4.96. The van der Waals surface area contributed by atoms with Crippen molar-refractivity contribution in [1.82, 2.24) is 20.3 Å². The van der Waals surface area contributed by atoms with Crippen LogP contribution < -0.4 is 10.1 Å². The van der Waals surface area contributed by atoms with Crippen LogP contribution in [0.4, 0.5) is 0 Å². The number of aromatic nitrogens is 3. The van der Waals surface area contributed by atoms with Gasteiger partial charge in [0.2, 0.25) is 11.8 Å². The van der Waals surface area contributed by atoms with Crippen LogP contribution in [0.15, 0.2) is 12.4 Å². The van der Waals surface area contributed by atoms with Crippen LogP contribution in [0.3, 0.4) is 0 Å². The van der Waals surface area contributed by atoms with Crippen LogP contribution in [-0.4, -0.2) is 33.5 Å². The van der Waals surface area contributed by atoms with E-state index in [2.05, 4.69) is 20.3 Å². The molecule has 1 amide bonds. The Kier molecular flexibility index (Phi) is 2.85. The van der Waals surface area contributed by atoms with Gasteiger partial charge in [-0.2, -0.15) is 0 Å². The Morgan fingerprint density at radius 1 is 1.53 bits per heavy atom. The number of imidazole rings is 1. The molecule has 0 radical (unpaired) electrons. The summed E-state index contributed by atoms with van der Waals surface area (Å²) in [5, 5.41) is 2.82. The molecule has 3 rings (SSSR count). The monoisotopic (exact) mass is 260 g/mol. The Balaban J connectivity index is 1.84. The van der Waals surface area contributed by atoms with Crippen LogP contribution in [0.25, 0.3) is 11.0 Å². The smallest absolute Gasteiger partial charge is 0.240 e. The third-order valence-electron chi connectivity index (χ3n) is 3.48. The van der Waals surface area contributed by atoms with Gasteiger partial charge in [0.1, 0.15) is 11.6 Å². The molecule has 100 valence electrons. The van der Waals surface area contributed by atoms with Gasteiger partial charge in [-0.3, -0.25) is 4.79 Å². The number of amides is 1. The Bertz CT molecular complexity index is 622. The average Bonchev–Trinajstić information content (AvgIpc) is 2.97. The van der Waals surface area contributed by atoms with Crippen LogP contribution in [0.2, 0.25) is 0 Å². The van der Waals surface area contributed by atoms with Crippen LogP contribution in [0.1, 0.15) is 19.0 Å². The van der Waals surface area contributed by atoms with Crippen molar-refractivity contribution in [3.05, 3.63) is 18.1 Å². The predicted octanol–water partition coefficient (Wildman–Crippen LogP) is 1.17. The molecule has 19 heavy (non-hydrogen) atoms. The number of carbonyl (C=O) groups is 1. The highest BCUT2D eigenvalue weighted by Gasteiger charge is 2.28. The van der Waals surface area contributed by atoms with Crippen LogP contribution in [0, 0.1) is 12.8 Å². The van der Waals surface area contributed by atoms with E-state index < -0.39 is 0 Å². The minimum absolute atomic E-state index is 0.0697. The first-order chi connectivity index (χ1) is 9.13. The Labute approximate surface area is 110 Å². The quantitative estimate of drug-likeness (QED) is 0.868. The first-order valence-corrected chi connectivity index (χ1v) is 6.37. The van der Waals surface area contributed by atoms with Crippen LogP contribution >= 0.6 is 0 Å². The zero-order valence-electron chi connectivity index (χ0n) is 10.9. The van der Waals surface area contributed by atoms with Gasteiger partial charge in [-0.25, -0.2) is 9.97 Å². The molecule has 6 nitrogen and oxygen atoms in total. The van der Waals surface area contributed by atoms with E-state index >= 15 is 0 Å². The molecular weight excluding hydrogens is 244 g/mol. The number of hydrogen-bond donors (Lipinski definition) is 2. The maximum absolute atomic E-state index is 11.2. The lowest BCUT2D eigenvalue weighted by Crippen LogP contribution is -2.26. The number of pyridine rings is 1. The molecule has 2 aromatic heterocycles. The molecule has 0 bridgehead atoms. The highest BCUT2D eigenvalue weighted by Crippen LogP contribution is 2.25. The van der Waals surface area contributed by atoms with E-state index in [1.807, 2.05) is 19.9 Å². The van der Waals surface area contributed by atoms with Gasteiger partial charge in [-0.15, -0.1) is 0 Å². The number of aryl methyl sites for hydroxylation is 1. The number of aromatic amines is 1. The minimum atomic E-state index is -0.0697. The van der Waals surface area contributed by atoms with Gasteiger partial charge in [-0.05, 0) is 19.9 Å². The molecule has 6 heteroatoms.